The van der Waals surface area contributed by atoms with Crippen LogP contribution in [0.5, 0.6) is 0 Å². The summed E-state index contributed by atoms with van der Waals surface area (Å²) in [6, 6.07) is 5.91. The fraction of sp³-hybridized carbons (Fsp3) is 0.533. The third kappa shape index (κ3) is 2.83. The molecule has 0 bridgehead atoms. The molecule has 2 N–H and O–H groups in total. The summed E-state index contributed by atoms with van der Waals surface area (Å²) in [5.74, 6) is 0.0794. The number of halogens is 1. The van der Waals surface area contributed by atoms with Crippen molar-refractivity contribution >= 4 is 27.5 Å². The number of carbonyl (C=O) groups is 1. The standard InChI is InChI=1S/C15H21BrN2O2/c1-10(19)12-8-11(16)4-5-13(12)18-7-6-15(2,9-18)14(20)17-3/h4-5,8,10,19H,6-7,9H2,1-3H3,(H,17,20). The predicted molar refractivity (Wildman–Crippen MR) is 83.8 cm³/mol. The van der Waals surface area contributed by atoms with E-state index in [2.05, 4.69) is 26.1 Å². The molecule has 2 unspecified atom stereocenters. The summed E-state index contributed by atoms with van der Waals surface area (Å²) in [5.41, 5.74) is 1.54. The van der Waals surface area contributed by atoms with E-state index in [1.165, 1.54) is 0 Å². The third-order valence-corrected chi connectivity index (χ3v) is 4.52. The SMILES string of the molecule is CNC(=O)C1(C)CCN(c2ccc(Br)cc2C(C)O)C1. The largest absolute Gasteiger partial charge is 0.389 e. The van der Waals surface area contributed by atoms with Gasteiger partial charge in [-0.1, -0.05) is 15.9 Å². The molecule has 1 aromatic carbocycles. The lowest BCUT2D eigenvalue weighted by molar-refractivity contribution is -0.128. The second-order valence-corrected chi connectivity index (χ2v) is 6.61. The van der Waals surface area contributed by atoms with Gasteiger partial charge in [-0.15, -0.1) is 0 Å². The molecule has 0 radical (unpaired) electrons. The topological polar surface area (TPSA) is 52.6 Å². The first kappa shape index (κ1) is 15.3. The van der Waals surface area contributed by atoms with E-state index in [0.29, 0.717) is 6.54 Å². The van der Waals surface area contributed by atoms with E-state index in [-0.39, 0.29) is 11.3 Å². The van der Waals surface area contributed by atoms with Gasteiger partial charge in [0.1, 0.15) is 0 Å². The Labute approximate surface area is 128 Å². The van der Waals surface area contributed by atoms with Crippen molar-refractivity contribution in [2.45, 2.75) is 26.4 Å². The van der Waals surface area contributed by atoms with Gasteiger partial charge in [0.2, 0.25) is 5.91 Å². The van der Waals surface area contributed by atoms with Crippen molar-refractivity contribution in [2.24, 2.45) is 5.41 Å². The summed E-state index contributed by atoms with van der Waals surface area (Å²) in [6.07, 6.45) is 0.288. The van der Waals surface area contributed by atoms with Crippen LogP contribution >= 0.6 is 15.9 Å². The number of benzene rings is 1. The van der Waals surface area contributed by atoms with Gasteiger partial charge in [0.15, 0.2) is 0 Å². The second-order valence-electron chi connectivity index (χ2n) is 5.69. The predicted octanol–water partition coefficient (Wildman–Crippen LogP) is 2.46. The highest BCUT2D eigenvalue weighted by Gasteiger charge is 2.40. The molecule has 0 aromatic heterocycles. The molecular weight excluding hydrogens is 320 g/mol. The van der Waals surface area contributed by atoms with Crippen molar-refractivity contribution in [1.82, 2.24) is 5.32 Å². The summed E-state index contributed by atoms with van der Waals surface area (Å²) in [7, 11) is 1.68. The van der Waals surface area contributed by atoms with Crippen molar-refractivity contribution in [3.05, 3.63) is 28.2 Å². The summed E-state index contributed by atoms with van der Waals surface area (Å²) >= 11 is 3.44. The van der Waals surface area contributed by atoms with Gasteiger partial charge in [0, 0.05) is 35.9 Å². The summed E-state index contributed by atoms with van der Waals surface area (Å²) < 4.78 is 0.949. The molecule has 0 spiro atoms. The summed E-state index contributed by atoms with van der Waals surface area (Å²) in [4.78, 5) is 14.2. The van der Waals surface area contributed by atoms with Gasteiger partial charge in [0.25, 0.3) is 0 Å². The highest BCUT2D eigenvalue weighted by atomic mass is 79.9. The number of rotatable bonds is 3. The second kappa shape index (κ2) is 5.74. The Hall–Kier alpha value is -1.07. The van der Waals surface area contributed by atoms with Gasteiger partial charge in [-0.05, 0) is 38.5 Å². The minimum absolute atomic E-state index is 0.0794. The number of carbonyl (C=O) groups excluding carboxylic acids is 1. The van der Waals surface area contributed by atoms with E-state index in [1.54, 1.807) is 14.0 Å². The fourth-order valence-electron chi connectivity index (χ4n) is 2.80. The van der Waals surface area contributed by atoms with E-state index < -0.39 is 6.10 Å². The van der Waals surface area contributed by atoms with Gasteiger partial charge in [-0.3, -0.25) is 4.79 Å². The number of hydrogen-bond acceptors (Lipinski definition) is 3. The summed E-state index contributed by atoms with van der Waals surface area (Å²) in [5, 5.41) is 12.7. The summed E-state index contributed by atoms with van der Waals surface area (Å²) in [6.45, 7) is 5.26. The third-order valence-electron chi connectivity index (χ3n) is 4.03. The lowest BCUT2D eigenvalue weighted by Gasteiger charge is -2.26. The molecule has 1 aliphatic heterocycles. The van der Waals surface area contributed by atoms with E-state index in [1.807, 2.05) is 25.1 Å². The molecule has 0 aliphatic carbocycles. The van der Waals surface area contributed by atoms with Gasteiger partial charge >= 0.3 is 0 Å². The van der Waals surface area contributed by atoms with E-state index in [9.17, 15) is 9.90 Å². The molecule has 2 atom stereocenters. The van der Waals surface area contributed by atoms with Gasteiger partial charge in [-0.2, -0.15) is 0 Å². The molecule has 4 nitrogen and oxygen atoms in total. The maximum Gasteiger partial charge on any atom is 0.227 e. The fourth-order valence-corrected chi connectivity index (χ4v) is 3.18. The Morgan fingerprint density at radius 1 is 1.55 bits per heavy atom. The molecule has 1 aromatic rings. The Balaban J connectivity index is 2.29. The number of aliphatic hydroxyl groups is 1. The number of nitrogens with one attached hydrogen (secondary N) is 1. The molecule has 5 heteroatoms. The highest BCUT2D eigenvalue weighted by molar-refractivity contribution is 9.10. The molecule has 1 heterocycles. The minimum Gasteiger partial charge on any atom is -0.389 e. The molecule has 20 heavy (non-hydrogen) atoms. The first-order valence-electron chi connectivity index (χ1n) is 6.82. The van der Waals surface area contributed by atoms with Crippen LogP contribution in [0.25, 0.3) is 0 Å². The first-order chi connectivity index (χ1) is 9.37. The number of anilines is 1. The van der Waals surface area contributed by atoms with E-state index >= 15 is 0 Å². The number of aliphatic hydroxyl groups excluding tert-OH is 1. The van der Waals surface area contributed by atoms with Gasteiger partial charge < -0.3 is 15.3 Å². The van der Waals surface area contributed by atoms with E-state index in [4.69, 9.17) is 0 Å². The quantitative estimate of drug-likeness (QED) is 0.888. The van der Waals surface area contributed by atoms with Crippen molar-refractivity contribution in [1.29, 1.82) is 0 Å². The number of amides is 1. The van der Waals surface area contributed by atoms with Crippen LogP contribution in [0.4, 0.5) is 5.69 Å². The first-order valence-corrected chi connectivity index (χ1v) is 7.61. The molecule has 1 saturated heterocycles. The van der Waals surface area contributed by atoms with Crippen LogP contribution in [0.3, 0.4) is 0 Å². The van der Waals surface area contributed by atoms with Crippen LogP contribution in [0.1, 0.15) is 31.9 Å². The Kier molecular flexibility index (Phi) is 4.39. The smallest absolute Gasteiger partial charge is 0.227 e. The minimum atomic E-state index is -0.533. The monoisotopic (exact) mass is 340 g/mol. The maximum atomic E-state index is 12.0. The van der Waals surface area contributed by atoms with Gasteiger partial charge in [-0.25, -0.2) is 0 Å². The molecule has 110 valence electrons. The molecule has 0 saturated carbocycles. The van der Waals surface area contributed by atoms with Crippen molar-refractivity contribution in [2.75, 3.05) is 25.0 Å². The van der Waals surface area contributed by atoms with Crippen LogP contribution in [0, 0.1) is 5.41 Å². The molecule has 1 amide bonds. The Morgan fingerprint density at radius 2 is 2.25 bits per heavy atom. The molecular formula is C15H21BrN2O2. The molecule has 1 fully saturated rings. The zero-order valence-corrected chi connectivity index (χ0v) is 13.7. The Morgan fingerprint density at radius 3 is 2.85 bits per heavy atom. The zero-order valence-electron chi connectivity index (χ0n) is 12.1. The lowest BCUT2D eigenvalue weighted by Crippen LogP contribution is -2.39. The van der Waals surface area contributed by atoms with Crippen LogP contribution < -0.4 is 10.2 Å². The zero-order chi connectivity index (χ0) is 14.9. The number of hydrogen-bond donors (Lipinski definition) is 2. The maximum absolute atomic E-state index is 12.0. The normalized spacial score (nSPS) is 23.8. The van der Waals surface area contributed by atoms with Crippen molar-refractivity contribution < 1.29 is 9.90 Å². The lowest BCUT2D eigenvalue weighted by atomic mass is 9.89. The van der Waals surface area contributed by atoms with Crippen LogP contribution in [-0.4, -0.2) is 31.2 Å². The van der Waals surface area contributed by atoms with Crippen LogP contribution in [0.15, 0.2) is 22.7 Å². The Bertz CT molecular complexity index is 519. The van der Waals surface area contributed by atoms with Crippen molar-refractivity contribution in [3.63, 3.8) is 0 Å². The highest BCUT2D eigenvalue weighted by Crippen LogP contribution is 2.37. The average Bonchev–Trinajstić information content (AvgIpc) is 2.81. The van der Waals surface area contributed by atoms with Crippen molar-refractivity contribution in [3.8, 4) is 0 Å². The van der Waals surface area contributed by atoms with E-state index in [0.717, 1.165) is 28.7 Å². The number of nitrogens with zero attached hydrogens (tertiary/aromatic N) is 1. The van der Waals surface area contributed by atoms with Crippen LogP contribution in [0.2, 0.25) is 0 Å². The van der Waals surface area contributed by atoms with Crippen LogP contribution in [-0.2, 0) is 4.79 Å². The molecule has 2 rings (SSSR count). The average molecular weight is 341 g/mol. The molecule has 1 aliphatic rings. The van der Waals surface area contributed by atoms with Gasteiger partial charge in [0.05, 0.1) is 11.5 Å².